The number of ether oxygens (including phenoxy) is 1. The second-order valence-corrected chi connectivity index (χ2v) is 9.40. The maximum atomic E-state index is 13.3. The van der Waals surface area contributed by atoms with Crippen molar-refractivity contribution >= 4 is 27.3 Å². The molecule has 0 fully saturated rings. The number of nitrogens with zero attached hydrogens (tertiary/aromatic N) is 1. The fourth-order valence-electron chi connectivity index (χ4n) is 3.46. The number of rotatable bonds is 9. The van der Waals surface area contributed by atoms with E-state index in [9.17, 15) is 23.3 Å². The Hall–Kier alpha value is -3.76. The van der Waals surface area contributed by atoms with Crippen molar-refractivity contribution in [2.24, 2.45) is 0 Å². The monoisotopic (exact) mass is 483 g/mol. The molecule has 0 aliphatic heterocycles. The molecule has 0 heterocycles. The maximum absolute atomic E-state index is 13.3. The van der Waals surface area contributed by atoms with E-state index < -0.39 is 26.9 Å². The molecule has 0 bridgehead atoms. The third-order valence-corrected chi connectivity index (χ3v) is 6.76. The molecule has 0 spiro atoms. The second kappa shape index (κ2) is 10.4. The van der Waals surface area contributed by atoms with Gasteiger partial charge in [0.15, 0.2) is 0 Å². The van der Waals surface area contributed by atoms with Crippen LogP contribution >= 0.6 is 0 Å². The first-order chi connectivity index (χ1) is 16.1. The summed E-state index contributed by atoms with van der Waals surface area (Å²) in [5, 5.41) is 13.9. The van der Waals surface area contributed by atoms with Crippen molar-refractivity contribution in [1.29, 1.82) is 0 Å². The smallest absolute Gasteiger partial charge is 0.274 e. The number of nitro groups is 1. The first-order valence-electron chi connectivity index (χ1n) is 10.4. The van der Waals surface area contributed by atoms with Crippen molar-refractivity contribution in [2.75, 3.05) is 12.4 Å². The molecule has 3 rings (SSSR count). The molecule has 178 valence electrons. The Balaban J connectivity index is 1.96. The quantitative estimate of drug-likeness (QED) is 0.352. The summed E-state index contributed by atoms with van der Waals surface area (Å²) in [4.78, 5) is 23.9. The Morgan fingerprint density at radius 3 is 2.41 bits per heavy atom. The van der Waals surface area contributed by atoms with E-state index in [2.05, 4.69) is 10.0 Å². The summed E-state index contributed by atoms with van der Waals surface area (Å²) < 4.78 is 34.2. The molecule has 0 aliphatic rings. The number of carbonyl (C=O) groups excluding carboxylic acids is 1. The lowest BCUT2D eigenvalue weighted by molar-refractivity contribution is -0.385. The van der Waals surface area contributed by atoms with Crippen LogP contribution in [-0.2, 0) is 21.2 Å². The summed E-state index contributed by atoms with van der Waals surface area (Å²) >= 11 is 0. The van der Waals surface area contributed by atoms with E-state index in [-0.39, 0.29) is 34.0 Å². The molecule has 0 radical (unpaired) electrons. The summed E-state index contributed by atoms with van der Waals surface area (Å²) in [6, 6.07) is 16.8. The van der Waals surface area contributed by atoms with Crippen LogP contribution in [0.2, 0.25) is 0 Å². The molecule has 3 aromatic rings. The van der Waals surface area contributed by atoms with Gasteiger partial charge in [-0.2, -0.15) is 4.72 Å². The number of nitrogens with one attached hydrogen (secondary N) is 2. The molecule has 3 aromatic carbocycles. The van der Waals surface area contributed by atoms with Crippen molar-refractivity contribution in [1.82, 2.24) is 4.72 Å². The number of carbonyl (C=O) groups is 1. The normalized spacial score (nSPS) is 12.1. The highest BCUT2D eigenvalue weighted by Crippen LogP contribution is 2.27. The molecule has 9 nitrogen and oxygen atoms in total. The highest BCUT2D eigenvalue weighted by molar-refractivity contribution is 7.89. The highest BCUT2D eigenvalue weighted by atomic mass is 32.2. The largest absolute Gasteiger partial charge is 0.495 e. The Labute approximate surface area is 198 Å². The van der Waals surface area contributed by atoms with E-state index >= 15 is 0 Å². The molecule has 1 amide bonds. The Morgan fingerprint density at radius 1 is 1.06 bits per heavy atom. The molecule has 0 saturated heterocycles. The number of hydrogen-bond acceptors (Lipinski definition) is 6. The molecule has 10 heteroatoms. The third-order valence-electron chi connectivity index (χ3n) is 5.26. The Morgan fingerprint density at radius 2 is 1.76 bits per heavy atom. The number of hydrogen-bond donors (Lipinski definition) is 2. The van der Waals surface area contributed by atoms with Gasteiger partial charge in [-0.15, -0.1) is 0 Å². The first-order valence-corrected chi connectivity index (χ1v) is 11.9. The van der Waals surface area contributed by atoms with Crippen LogP contribution in [-0.4, -0.2) is 32.4 Å². The average Bonchev–Trinajstić information content (AvgIpc) is 2.80. The van der Waals surface area contributed by atoms with Crippen LogP contribution in [0.4, 0.5) is 11.4 Å². The standard InChI is InChI=1S/C24H25N3O6S/c1-16-12-13-22(33-3)23(14-16)34(31,32)26-20(15-18-8-5-4-6-9-18)24(28)25-19-10-7-11-21(17(19)2)27(29)30/h4-14,20,26H,15H2,1-3H3,(H,25,28)/t20-/m0/s1. The lowest BCUT2D eigenvalue weighted by atomic mass is 10.1. The predicted octanol–water partition coefficient (Wildman–Crippen LogP) is 3.75. The van der Waals surface area contributed by atoms with Crippen LogP contribution in [0.15, 0.2) is 71.6 Å². The molecule has 0 unspecified atom stereocenters. The van der Waals surface area contributed by atoms with Crippen LogP contribution in [0.3, 0.4) is 0 Å². The lowest BCUT2D eigenvalue weighted by Gasteiger charge is -2.20. The van der Waals surface area contributed by atoms with Gasteiger partial charge in [-0.3, -0.25) is 14.9 Å². The van der Waals surface area contributed by atoms with Gasteiger partial charge in [0, 0.05) is 6.07 Å². The van der Waals surface area contributed by atoms with Crippen LogP contribution < -0.4 is 14.8 Å². The third kappa shape index (κ3) is 5.77. The zero-order chi connectivity index (χ0) is 24.9. The van der Waals surface area contributed by atoms with E-state index in [0.29, 0.717) is 5.56 Å². The minimum absolute atomic E-state index is 0.0635. The molecule has 0 aromatic heterocycles. The topological polar surface area (TPSA) is 128 Å². The highest BCUT2D eigenvalue weighted by Gasteiger charge is 2.29. The number of methoxy groups -OCH3 is 1. The average molecular weight is 484 g/mol. The van der Waals surface area contributed by atoms with Crippen molar-refractivity contribution in [2.45, 2.75) is 31.2 Å². The maximum Gasteiger partial charge on any atom is 0.274 e. The van der Waals surface area contributed by atoms with Gasteiger partial charge in [-0.25, -0.2) is 8.42 Å². The number of sulfonamides is 1. The fourth-order valence-corrected chi connectivity index (χ4v) is 4.91. The number of nitro benzene ring substituents is 1. The minimum Gasteiger partial charge on any atom is -0.495 e. The molecular formula is C24H25N3O6S. The van der Waals surface area contributed by atoms with Gasteiger partial charge >= 0.3 is 0 Å². The molecule has 1 atom stereocenters. The van der Waals surface area contributed by atoms with E-state index in [1.807, 2.05) is 6.07 Å². The van der Waals surface area contributed by atoms with Crippen molar-refractivity contribution < 1.29 is 22.9 Å². The Kier molecular flexibility index (Phi) is 7.64. The summed E-state index contributed by atoms with van der Waals surface area (Å²) in [5.41, 5.74) is 1.78. The summed E-state index contributed by atoms with van der Waals surface area (Å²) in [6.07, 6.45) is 0.0635. The van der Waals surface area contributed by atoms with Gasteiger partial charge in [-0.05, 0) is 49.6 Å². The van der Waals surface area contributed by atoms with Crippen molar-refractivity contribution in [3.8, 4) is 5.75 Å². The van der Waals surface area contributed by atoms with Gasteiger partial charge in [0.2, 0.25) is 15.9 Å². The van der Waals surface area contributed by atoms with Crippen molar-refractivity contribution in [3.63, 3.8) is 0 Å². The SMILES string of the molecule is COc1ccc(C)cc1S(=O)(=O)N[C@@H](Cc1ccccc1)C(=O)Nc1cccc([N+](=O)[O-])c1C. The van der Waals surface area contributed by atoms with Gasteiger partial charge in [0.05, 0.1) is 23.3 Å². The van der Waals surface area contributed by atoms with Gasteiger partial charge < -0.3 is 10.1 Å². The first kappa shape index (κ1) is 24.9. The van der Waals surface area contributed by atoms with E-state index in [0.717, 1.165) is 5.56 Å². The Bertz CT molecular complexity index is 1310. The molecule has 34 heavy (non-hydrogen) atoms. The summed E-state index contributed by atoms with van der Waals surface area (Å²) in [5.74, 6) is -0.505. The molecule has 0 aliphatic carbocycles. The van der Waals surface area contributed by atoms with Crippen LogP contribution in [0.25, 0.3) is 0 Å². The van der Waals surface area contributed by atoms with E-state index in [4.69, 9.17) is 4.74 Å². The fraction of sp³-hybridized carbons (Fsp3) is 0.208. The van der Waals surface area contributed by atoms with Gasteiger partial charge in [-0.1, -0.05) is 42.5 Å². The summed E-state index contributed by atoms with van der Waals surface area (Å²) in [7, 11) is -2.79. The summed E-state index contributed by atoms with van der Waals surface area (Å²) in [6.45, 7) is 3.26. The van der Waals surface area contributed by atoms with Crippen LogP contribution in [0, 0.1) is 24.0 Å². The minimum atomic E-state index is -4.16. The van der Waals surface area contributed by atoms with Crippen molar-refractivity contribution in [3.05, 3.63) is 93.5 Å². The molecule has 0 saturated carbocycles. The van der Waals surface area contributed by atoms with Gasteiger partial charge in [0.25, 0.3) is 5.69 Å². The predicted molar refractivity (Wildman–Crippen MR) is 128 cm³/mol. The molecular weight excluding hydrogens is 458 g/mol. The van der Waals surface area contributed by atoms with Crippen LogP contribution in [0.5, 0.6) is 5.75 Å². The zero-order valence-corrected chi connectivity index (χ0v) is 19.8. The van der Waals surface area contributed by atoms with Gasteiger partial charge in [0.1, 0.15) is 16.7 Å². The van der Waals surface area contributed by atoms with Crippen LogP contribution in [0.1, 0.15) is 16.7 Å². The number of amides is 1. The molecule has 2 N–H and O–H groups in total. The number of benzene rings is 3. The second-order valence-electron chi connectivity index (χ2n) is 7.71. The lowest BCUT2D eigenvalue weighted by Crippen LogP contribution is -2.45. The number of aryl methyl sites for hydroxylation is 1. The zero-order valence-electron chi connectivity index (χ0n) is 18.9. The van der Waals surface area contributed by atoms with E-state index in [1.54, 1.807) is 43.3 Å². The number of anilines is 1. The van der Waals surface area contributed by atoms with E-state index in [1.165, 1.54) is 38.3 Å².